The van der Waals surface area contributed by atoms with Gasteiger partial charge in [0.2, 0.25) is 0 Å². The number of benzene rings is 2. The predicted octanol–water partition coefficient (Wildman–Crippen LogP) is 3.13. The Morgan fingerprint density at radius 1 is 1.15 bits per heavy atom. The number of rotatable bonds is 5. The summed E-state index contributed by atoms with van der Waals surface area (Å²) < 4.78 is 5.38. The molecule has 0 bridgehead atoms. The summed E-state index contributed by atoms with van der Waals surface area (Å²) in [6.45, 7) is 4.37. The van der Waals surface area contributed by atoms with Gasteiger partial charge < -0.3 is 15.3 Å². The third kappa shape index (κ3) is 3.03. The lowest BCUT2D eigenvalue weighted by molar-refractivity contribution is 0.403. The molecule has 2 aromatic carbocycles. The van der Waals surface area contributed by atoms with Crippen LogP contribution in [0.25, 0.3) is 0 Å². The fraction of sp³-hybridized carbons (Fsp3) is 0.250. The predicted molar refractivity (Wildman–Crippen MR) is 81.0 cm³/mol. The van der Waals surface area contributed by atoms with Gasteiger partial charge in [-0.2, -0.15) is 0 Å². The third-order valence-corrected chi connectivity index (χ3v) is 3.29. The Labute approximate surface area is 119 Å². The van der Waals surface area contributed by atoms with Gasteiger partial charge in [-0.15, -0.1) is 0 Å². The Morgan fingerprint density at radius 2 is 1.85 bits per heavy atom. The highest BCUT2D eigenvalue weighted by Gasteiger charge is 2.12. The SMILES string of the molecule is COc1c(C)cc(O)c(CNNc2ccccc2)c1C. The molecule has 0 fully saturated rings. The van der Waals surface area contributed by atoms with Gasteiger partial charge in [-0.25, -0.2) is 5.43 Å². The first-order valence-corrected chi connectivity index (χ1v) is 6.53. The zero-order valence-electron chi connectivity index (χ0n) is 12.0. The number of anilines is 1. The molecule has 0 saturated heterocycles. The molecule has 20 heavy (non-hydrogen) atoms. The second-order valence-corrected chi connectivity index (χ2v) is 4.69. The smallest absolute Gasteiger partial charge is 0.125 e. The molecule has 0 heterocycles. The average Bonchev–Trinajstić information content (AvgIpc) is 2.44. The van der Waals surface area contributed by atoms with E-state index in [1.807, 2.05) is 44.2 Å². The molecule has 2 rings (SSSR count). The van der Waals surface area contributed by atoms with E-state index in [-0.39, 0.29) is 5.75 Å². The number of phenols is 1. The molecule has 0 spiro atoms. The summed E-state index contributed by atoms with van der Waals surface area (Å²) in [6, 6.07) is 11.5. The fourth-order valence-electron chi connectivity index (χ4n) is 2.28. The average molecular weight is 272 g/mol. The summed E-state index contributed by atoms with van der Waals surface area (Å²) in [6.07, 6.45) is 0. The third-order valence-electron chi connectivity index (χ3n) is 3.29. The Balaban J connectivity index is 2.10. The standard InChI is InChI=1S/C16H20N2O2/c1-11-9-15(19)14(12(2)16(11)20-3)10-17-18-13-7-5-4-6-8-13/h4-9,17-19H,10H2,1-3H3. The zero-order chi connectivity index (χ0) is 14.5. The van der Waals surface area contributed by atoms with Crippen molar-refractivity contribution in [2.45, 2.75) is 20.4 Å². The van der Waals surface area contributed by atoms with Crippen LogP contribution in [0.3, 0.4) is 0 Å². The van der Waals surface area contributed by atoms with Crippen LogP contribution in [0, 0.1) is 13.8 Å². The van der Waals surface area contributed by atoms with Gasteiger partial charge in [0.05, 0.1) is 7.11 Å². The van der Waals surface area contributed by atoms with Crippen LogP contribution < -0.4 is 15.6 Å². The van der Waals surface area contributed by atoms with Crippen molar-refractivity contribution in [1.29, 1.82) is 0 Å². The van der Waals surface area contributed by atoms with E-state index in [9.17, 15) is 5.11 Å². The Morgan fingerprint density at radius 3 is 2.50 bits per heavy atom. The quantitative estimate of drug-likeness (QED) is 0.732. The van der Waals surface area contributed by atoms with Crippen molar-refractivity contribution in [3.8, 4) is 11.5 Å². The Hall–Kier alpha value is -2.20. The zero-order valence-corrected chi connectivity index (χ0v) is 12.0. The van der Waals surface area contributed by atoms with Crippen molar-refractivity contribution in [2.24, 2.45) is 0 Å². The minimum atomic E-state index is 0.281. The number of nitrogens with one attached hydrogen (secondary N) is 2. The highest BCUT2D eigenvalue weighted by molar-refractivity contribution is 5.52. The highest BCUT2D eigenvalue weighted by atomic mass is 16.5. The largest absolute Gasteiger partial charge is 0.508 e. The van der Waals surface area contributed by atoms with E-state index in [0.29, 0.717) is 6.54 Å². The number of ether oxygens (including phenoxy) is 1. The van der Waals surface area contributed by atoms with Gasteiger partial charge in [-0.3, -0.25) is 0 Å². The minimum Gasteiger partial charge on any atom is -0.508 e. The topological polar surface area (TPSA) is 53.5 Å². The van der Waals surface area contributed by atoms with Gasteiger partial charge in [0.25, 0.3) is 0 Å². The number of aromatic hydroxyl groups is 1. The summed E-state index contributed by atoms with van der Waals surface area (Å²) in [5.74, 6) is 1.10. The molecule has 106 valence electrons. The lowest BCUT2D eigenvalue weighted by Gasteiger charge is -2.16. The molecule has 4 nitrogen and oxygen atoms in total. The number of aryl methyl sites for hydroxylation is 1. The number of hydrogen-bond acceptors (Lipinski definition) is 4. The van der Waals surface area contributed by atoms with E-state index >= 15 is 0 Å². The van der Waals surface area contributed by atoms with Crippen LogP contribution in [0.5, 0.6) is 11.5 Å². The first-order valence-electron chi connectivity index (χ1n) is 6.53. The molecular formula is C16H20N2O2. The van der Waals surface area contributed by atoms with Crippen molar-refractivity contribution in [2.75, 3.05) is 12.5 Å². The fourth-order valence-corrected chi connectivity index (χ4v) is 2.28. The van der Waals surface area contributed by atoms with Gasteiger partial charge in [-0.1, -0.05) is 18.2 Å². The molecule has 0 saturated carbocycles. The van der Waals surface area contributed by atoms with Gasteiger partial charge in [0, 0.05) is 17.8 Å². The van der Waals surface area contributed by atoms with Crippen LogP contribution in [0.2, 0.25) is 0 Å². The van der Waals surface area contributed by atoms with Crippen molar-refractivity contribution in [3.05, 3.63) is 53.1 Å². The second kappa shape index (κ2) is 6.30. The molecule has 3 N–H and O–H groups in total. The minimum absolute atomic E-state index is 0.281. The number of hydrogen-bond donors (Lipinski definition) is 3. The van der Waals surface area contributed by atoms with E-state index in [0.717, 1.165) is 28.1 Å². The normalized spacial score (nSPS) is 10.3. The molecule has 2 aromatic rings. The van der Waals surface area contributed by atoms with Crippen molar-refractivity contribution >= 4 is 5.69 Å². The summed E-state index contributed by atoms with van der Waals surface area (Å²) in [5.41, 5.74) is 9.89. The molecule has 0 unspecified atom stereocenters. The van der Waals surface area contributed by atoms with Crippen LogP contribution in [0.4, 0.5) is 5.69 Å². The summed E-state index contributed by atoms with van der Waals surface area (Å²) >= 11 is 0. The molecule has 0 aliphatic rings. The van der Waals surface area contributed by atoms with Crippen LogP contribution in [-0.4, -0.2) is 12.2 Å². The summed E-state index contributed by atoms with van der Waals surface area (Å²) in [4.78, 5) is 0. The lowest BCUT2D eigenvalue weighted by Crippen LogP contribution is -2.21. The lowest BCUT2D eigenvalue weighted by atomic mass is 10.0. The van der Waals surface area contributed by atoms with Crippen LogP contribution in [0.15, 0.2) is 36.4 Å². The number of phenolic OH excluding ortho intramolecular Hbond substituents is 1. The number of methoxy groups -OCH3 is 1. The van der Waals surface area contributed by atoms with E-state index in [4.69, 9.17) is 4.74 Å². The Kier molecular flexibility index (Phi) is 4.48. The molecule has 0 aliphatic heterocycles. The summed E-state index contributed by atoms with van der Waals surface area (Å²) in [5, 5.41) is 10.1. The van der Waals surface area contributed by atoms with Crippen molar-refractivity contribution < 1.29 is 9.84 Å². The maximum absolute atomic E-state index is 10.1. The number of para-hydroxylation sites is 1. The maximum atomic E-state index is 10.1. The van der Waals surface area contributed by atoms with E-state index in [1.165, 1.54) is 0 Å². The van der Waals surface area contributed by atoms with Crippen molar-refractivity contribution in [3.63, 3.8) is 0 Å². The van der Waals surface area contributed by atoms with E-state index in [1.54, 1.807) is 13.2 Å². The van der Waals surface area contributed by atoms with Crippen LogP contribution in [-0.2, 0) is 6.54 Å². The van der Waals surface area contributed by atoms with Crippen LogP contribution >= 0.6 is 0 Å². The highest BCUT2D eigenvalue weighted by Crippen LogP contribution is 2.32. The molecule has 0 aromatic heterocycles. The molecular weight excluding hydrogens is 252 g/mol. The molecule has 0 radical (unpaired) electrons. The molecule has 0 aliphatic carbocycles. The van der Waals surface area contributed by atoms with Gasteiger partial charge in [0.1, 0.15) is 11.5 Å². The summed E-state index contributed by atoms with van der Waals surface area (Å²) in [7, 11) is 1.64. The van der Waals surface area contributed by atoms with E-state index in [2.05, 4.69) is 10.9 Å². The van der Waals surface area contributed by atoms with Gasteiger partial charge >= 0.3 is 0 Å². The first kappa shape index (κ1) is 14.2. The van der Waals surface area contributed by atoms with Gasteiger partial charge in [-0.05, 0) is 43.2 Å². The monoisotopic (exact) mass is 272 g/mol. The first-order chi connectivity index (χ1) is 9.63. The molecule has 0 atom stereocenters. The maximum Gasteiger partial charge on any atom is 0.125 e. The van der Waals surface area contributed by atoms with Crippen LogP contribution in [0.1, 0.15) is 16.7 Å². The Bertz CT molecular complexity index is 583. The van der Waals surface area contributed by atoms with E-state index < -0.39 is 0 Å². The molecule has 4 heteroatoms. The second-order valence-electron chi connectivity index (χ2n) is 4.69. The van der Waals surface area contributed by atoms with Crippen molar-refractivity contribution in [1.82, 2.24) is 5.43 Å². The molecule has 0 amide bonds. The van der Waals surface area contributed by atoms with Gasteiger partial charge in [0.15, 0.2) is 0 Å². The number of hydrazine groups is 1.